The summed E-state index contributed by atoms with van der Waals surface area (Å²) in [7, 11) is 0. The van der Waals surface area contributed by atoms with Gasteiger partial charge in [0.05, 0.1) is 11.2 Å². The molecule has 0 amide bonds. The van der Waals surface area contributed by atoms with E-state index in [1.54, 1.807) is 0 Å². The van der Waals surface area contributed by atoms with E-state index in [1.165, 1.54) is 49.9 Å². The molecule has 0 atom stereocenters. The Labute approximate surface area is 187 Å². The first-order valence-corrected chi connectivity index (χ1v) is 11.5. The van der Waals surface area contributed by atoms with E-state index in [-0.39, 0.29) is 0 Å². The van der Waals surface area contributed by atoms with Gasteiger partial charge in [-0.05, 0) is 91.6 Å². The van der Waals surface area contributed by atoms with Crippen molar-refractivity contribution >= 4 is 10.9 Å². The number of fused-ring (bicyclic) bond motifs is 1. The fourth-order valence-corrected chi connectivity index (χ4v) is 4.66. The largest absolute Gasteiger partial charge is 0.248 e. The van der Waals surface area contributed by atoms with Crippen LogP contribution >= 0.6 is 0 Å². The molecular weight excluding hydrogens is 374 g/mol. The van der Waals surface area contributed by atoms with Crippen LogP contribution in [0.1, 0.15) is 48.6 Å². The molecule has 0 saturated heterocycles. The van der Waals surface area contributed by atoms with Gasteiger partial charge in [-0.3, -0.25) is 0 Å². The summed E-state index contributed by atoms with van der Waals surface area (Å²) in [6.45, 7) is 13.4. The maximum absolute atomic E-state index is 5.15. The lowest BCUT2D eigenvalue weighted by Crippen LogP contribution is -2.01. The van der Waals surface area contributed by atoms with Gasteiger partial charge < -0.3 is 0 Å². The van der Waals surface area contributed by atoms with Crippen LogP contribution in [0.15, 0.2) is 60.7 Å². The minimum atomic E-state index is 0.589. The summed E-state index contributed by atoms with van der Waals surface area (Å²) >= 11 is 0. The van der Waals surface area contributed by atoms with E-state index in [9.17, 15) is 0 Å². The van der Waals surface area contributed by atoms with Crippen LogP contribution in [0.4, 0.5) is 0 Å². The van der Waals surface area contributed by atoms with Crippen LogP contribution in [0.5, 0.6) is 0 Å². The van der Waals surface area contributed by atoms with Crippen LogP contribution in [0.25, 0.3) is 33.3 Å². The topological polar surface area (TPSA) is 12.9 Å². The Balaban J connectivity index is 1.92. The molecule has 0 saturated carbocycles. The Morgan fingerprint density at radius 2 is 1.48 bits per heavy atom. The summed E-state index contributed by atoms with van der Waals surface area (Å²) < 4.78 is 0. The van der Waals surface area contributed by atoms with Gasteiger partial charge in [-0.15, -0.1) is 0 Å². The maximum Gasteiger partial charge on any atom is 0.0715 e. The second-order valence-corrected chi connectivity index (χ2v) is 9.32. The molecule has 158 valence electrons. The first-order chi connectivity index (χ1) is 14.9. The highest BCUT2D eigenvalue weighted by atomic mass is 14.7. The second-order valence-electron chi connectivity index (χ2n) is 9.32. The van der Waals surface area contributed by atoms with Gasteiger partial charge in [-0.25, -0.2) is 4.98 Å². The monoisotopic (exact) mass is 407 g/mol. The van der Waals surface area contributed by atoms with E-state index in [2.05, 4.69) is 102 Å². The van der Waals surface area contributed by atoms with Crippen molar-refractivity contribution in [2.75, 3.05) is 0 Å². The number of aromatic nitrogens is 1. The van der Waals surface area contributed by atoms with Gasteiger partial charge in [0.15, 0.2) is 0 Å². The molecule has 0 radical (unpaired) electrons. The van der Waals surface area contributed by atoms with Gasteiger partial charge in [0.25, 0.3) is 0 Å². The van der Waals surface area contributed by atoms with Gasteiger partial charge in [0.2, 0.25) is 0 Å². The molecule has 1 heterocycles. The summed E-state index contributed by atoms with van der Waals surface area (Å²) in [5, 5.41) is 1.28. The zero-order chi connectivity index (χ0) is 22.1. The van der Waals surface area contributed by atoms with Crippen molar-refractivity contribution in [2.24, 2.45) is 5.92 Å². The average molecular weight is 408 g/mol. The van der Waals surface area contributed by atoms with Crippen LogP contribution < -0.4 is 0 Å². The van der Waals surface area contributed by atoms with Crippen LogP contribution in [0.3, 0.4) is 0 Å². The molecule has 0 fully saturated rings. The number of hydrogen-bond donors (Lipinski definition) is 0. The normalized spacial score (nSPS) is 11.5. The number of hydrogen-bond acceptors (Lipinski definition) is 1. The Morgan fingerprint density at radius 1 is 0.774 bits per heavy atom. The predicted molar refractivity (Wildman–Crippen MR) is 135 cm³/mol. The van der Waals surface area contributed by atoms with Gasteiger partial charge in [-0.2, -0.15) is 0 Å². The molecule has 0 aliphatic carbocycles. The first kappa shape index (κ1) is 21.3. The molecule has 3 aromatic carbocycles. The molecule has 0 aliphatic rings. The minimum absolute atomic E-state index is 0.589. The fraction of sp³-hybridized carbons (Fsp3) is 0.300. The van der Waals surface area contributed by atoms with E-state index in [0.717, 1.165) is 24.1 Å². The van der Waals surface area contributed by atoms with Crippen molar-refractivity contribution in [3.63, 3.8) is 0 Å². The van der Waals surface area contributed by atoms with Crippen molar-refractivity contribution in [3.8, 4) is 22.4 Å². The third-order valence-electron chi connectivity index (χ3n) is 6.15. The van der Waals surface area contributed by atoms with Gasteiger partial charge in [-0.1, -0.05) is 68.3 Å². The SMILES string of the molecule is CCc1c(C)cc(C)cc1-c1cc(CC(C)C)c2cc(-c3ccc(C)cc3)ccc2n1. The average Bonchev–Trinajstić information content (AvgIpc) is 2.73. The maximum atomic E-state index is 5.15. The van der Waals surface area contributed by atoms with Crippen molar-refractivity contribution in [1.82, 2.24) is 4.98 Å². The van der Waals surface area contributed by atoms with Crippen molar-refractivity contribution in [3.05, 3.63) is 88.5 Å². The van der Waals surface area contributed by atoms with Crippen molar-refractivity contribution < 1.29 is 0 Å². The summed E-state index contributed by atoms with van der Waals surface area (Å²) in [5.41, 5.74) is 12.7. The molecule has 0 aliphatic heterocycles. The van der Waals surface area contributed by atoms with Crippen LogP contribution in [0, 0.1) is 26.7 Å². The molecule has 4 aromatic rings. The molecule has 1 nitrogen and oxygen atoms in total. The minimum Gasteiger partial charge on any atom is -0.248 e. The summed E-state index contributed by atoms with van der Waals surface area (Å²) in [5.74, 6) is 0.589. The quantitative estimate of drug-likeness (QED) is 0.324. The molecule has 1 heteroatoms. The van der Waals surface area contributed by atoms with Crippen LogP contribution in [-0.2, 0) is 12.8 Å². The standard InChI is InChI=1S/C30H33N/c1-7-26-22(6)15-21(5)16-28(26)30-18-25(14-19(2)3)27-17-24(12-13-29(27)31-30)23-10-8-20(4)9-11-23/h8-13,15-19H,7,14H2,1-6H3. The van der Waals surface area contributed by atoms with Crippen LogP contribution in [0.2, 0.25) is 0 Å². The second kappa shape index (κ2) is 8.67. The van der Waals surface area contributed by atoms with Crippen molar-refractivity contribution in [2.45, 2.75) is 54.4 Å². The Bertz CT molecular complexity index is 1230. The number of benzene rings is 3. The highest BCUT2D eigenvalue weighted by Gasteiger charge is 2.14. The number of nitrogens with zero attached hydrogens (tertiary/aromatic N) is 1. The van der Waals surface area contributed by atoms with E-state index in [4.69, 9.17) is 4.98 Å². The molecule has 0 unspecified atom stereocenters. The molecular formula is C30H33N. The van der Waals surface area contributed by atoms with E-state index < -0.39 is 0 Å². The molecule has 0 spiro atoms. The molecule has 1 aromatic heterocycles. The molecule has 31 heavy (non-hydrogen) atoms. The highest BCUT2D eigenvalue weighted by molar-refractivity contribution is 5.89. The third kappa shape index (κ3) is 4.42. The predicted octanol–water partition coefficient (Wildman–Crippen LogP) is 8.25. The summed E-state index contributed by atoms with van der Waals surface area (Å²) in [4.78, 5) is 5.15. The molecule has 0 N–H and O–H groups in total. The van der Waals surface area contributed by atoms with E-state index >= 15 is 0 Å². The smallest absolute Gasteiger partial charge is 0.0715 e. The fourth-order valence-electron chi connectivity index (χ4n) is 4.66. The lowest BCUT2D eigenvalue weighted by atomic mass is 9.91. The highest BCUT2D eigenvalue weighted by Crippen LogP contribution is 2.33. The molecule has 0 bridgehead atoms. The first-order valence-electron chi connectivity index (χ1n) is 11.5. The zero-order valence-corrected chi connectivity index (χ0v) is 19.7. The number of rotatable bonds is 5. The third-order valence-corrected chi connectivity index (χ3v) is 6.15. The number of pyridine rings is 1. The number of aryl methyl sites for hydroxylation is 3. The Kier molecular flexibility index (Phi) is 5.96. The van der Waals surface area contributed by atoms with Gasteiger partial charge in [0, 0.05) is 10.9 Å². The van der Waals surface area contributed by atoms with Gasteiger partial charge in [0.1, 0.15) is 0 Å². The summed E-state index contributed by atoms with van der Waals surface area (Å²) in [6.07, 6.45) is 2.07. The lowest BCUT2D eigenvalue weighted by molar-refractivity contribution is 0.650. The van der Waals surface area contributed by atoms with Crippen LogP contribution in [-0.4, -0.2) is 4.98 Å². The molecule has 4 rings (SSSR count). The van der Waals surface area contributed by atoms with Gasteiger partial charge >= 0.3 is 0 Å². The summed E-state index contributed by atoms with van der Waals surface area (Å²) in [6, 6.07) is 22.5. The Morgan fingerprint density at radius 3 is 2.16 bits per heavy atom. The lowest BCUT2D eigenvalue weighted by Gasteiger charge is -2.16. The van der Waals surface area contributed by atoms with E-state index in [0.29, 0.717) is 5.92 Å². The zero-order valence-electron chi connectivity index (χ0n) is 19.7. The van der Waals surface area contributed by atoms with Crippen molar-refractivity contribution in [1.29, 1.82) is 0 Å². The van der Waals surface area contributed by atoms with E-state index in [1.807, 2.05) is 0 Å². The Hall–Kier alpha value is -2.93.